The molecule has 0 bridgehead atoms. The van der Waals surface area contributed by atoms with E-state index in [1.54, 1.807) is 6.08 Å². The zero-order valence-corrected chi connectivity index (χ0v) is 10.3. The second-order valence-electron chi connectivity index (χ2n) is 4.08. The van der Waals surface area contributed by atoms with Crippen LogP contribution in [0.3, 0.4) is 0 Å². The average Bonchev–Trinajstić information content (AvgIpc) is 2.36. The summed E-state index contributed by atoms with van der Waals surface area (Å²) in [5.74, 6) is -2.54. The van der Waals surface area contributed by atoms with Crippen molar-refractivity contribution >= 4 is 17.7 Å². The van der Waals surface area contributed by atoms with Gasteiger partial charge in [-0.25, -0.2) is 9.59 Å². The van der Waals surface area contributed by atoms with E-state index in [1.165, 1.54) is 6.92 Å². The van der Waals surface area contributed by atoms with E-state index >= 15 is 0 Å². The van der Waals surface area contributed by atoms with Crippen molar-refractivity contribution in [1.82, 2.24) is 0 Å². The Morgan fingerprint density at radius 3 is 2.61 bits per heavy atom. The van der Waals surface area contributed by atoms with Gasteiger partial charge in [-0.2, -0.15) is 0 Å². The first-order valence-electron chi connectivity index (χ1n) is 5.74. The molecule has 1 rings (SSSR count). The Hall–Kier alpha value is -1.91. The standard InChI is InChI=1S/C13H16O5/c1-9(2)12(15)17-8-11(14)13(16)18-10-6-4-3-5-7-10/h4,6,10H,1,3,5,7-8H2,2H3. The summed E-state index contributed by atoms with van der Waals surface area (Å²) in [7, 11) is 0. The summed E-state index contributed by atoms with van der Waals surface area (Å²) in [6.07, 6.45) is 5.90. The van der Waals surface area contributed by atoms with Crippen LogP contribution in [0.1, 0.15) is 26.2 Å². The van der Waals surface area contributed by atoms with Gasteiger partial charge in [0.1, 0.15) is 6.10 Å². The number of carbonyl (C=O) groups excluding carboxylic acids is 3. The van der Waals surface area contributed by atoms with E-state index < -0.39 is 24.3 Å². The second-order valence-corrected chi connectivity index (χ2v) is 4.08. The maximum absolute atomic E-state index is 11.4. The van der Waals surface area contributed by atoms with E-state index in [9.17, 15) is 14.4 Å². The zero-order valence-electron chi connectivity index (χ0n) is 10.3. The molecular formula is C13H16O5. The molecule has 0 saturated heterocycles. The molecular weight excluding hydrogens is 236 g/mol. The maximum Gasteiger partial charge on any atom is 0.378 e. The predicted octanol–water partition coefficient (Wildman–Crippen LogP) is 1.33. The molecule has 0 spiro atoms. The van der Waals surface area contributed by atoms with Crippen molar-refractivity contribution < 1.29 is 23.9 Å². The summed E-state index contributed by atoms with van der Waals surface area (Å²) in [6.45, 7) is 4.21. The Morgan fingerprint density at radius 2 is 2.06 bits per heavy atom. The van der Waals surface area contributed by atoms with Crippen LogP contribution in [-0.2, 0) is 23.9 Å². The first-order chi connectivity index (χ1) is 8.50. The molecule has 0 N–H and O–H groups in total. The monoisotopic (exact) mass is 252 g/mol. The van der Waals surface area contributed by atoms with E-state index in [-0.39, 0.29) is 11.7 Å². The molecule has 1 unspecified atom stereocenters. The lowest BCUT2D eigenvalue weighted by molar-refractivity contribution is -0.160. The third-order valence-electron chi connectivity index (χ3n) is 2.38. The van der Waals surface area contributed by atoms with Crippen molar-refractivity contribution in [2.75, 3.05) is 6.61 Å². The molecule has 0 radical (unpaired) electrons. The van der Waals surface area contributed by atoms with Crippen LogP contribution in [0.2, 0.25) is 0 Å². The van der Waals surface area contributed by atoms with Crippen LogP contribution >= 0.6 is 0 Å². The molecule has 98 valence electrons. The van der Waals surface area contributed by atoms with Crippen LogP contribution in [0, 0.1) is 0 Å². The Labute approximate surface area is 105 Å². The largest absolute Gasteiger partial charge is 0.454 e. The summed E-state index contributed by atoms with van der Waals surface area (Å²) in [6, 6.07) is 0. The van der Waals surface area contributed by atoms with Gasteiger partial charge in [0, 0.05) is 5.57 Å². The SMILES string of the molecule is C=C(C)C(=O)OCC(=O)C(=O)OC1C=CCCC1. The summed E-state index contributed by atoms with van der Waals surface area (Å²) < 4.78 is 9.53. The molecule has 0 amide bonds. The lowest BCUT2D eigenvalue weighted by Gasteiger charge is -2.16. The second kappa shape index (κ2) is 6.74. The molecule has 5 heteroatoms. The lowest BCUT2D eigenvalue weighted by atomic mass is 10.1. The van der Waals surface area contributed by atoms with E-state index in [4.69, 9.17) is 4.74 Å². The van der Waals surface area contributed by atoms with Crippen molar-refractivity contribution in [1.29, 1.82) is 0 Å². The van der Waals surface area contributed by atoms with E-state index in [0.717, 1.165) is 12.8 Å². The molecule has 1 aliphatic rings. The molecule has 0 fully saturated rings. The highest BCUT2D eigenvalue weighted by Gasteiger charge is 2.21. The van der Waals surface area contributed by atoms with Crippen LogP contribution in [0.15, 0.2) is 24.3 Å². The molecule has 0 aromatic heterocycles. The molecule has 5 nitrogen and oxygen atoms in total. The summed E-state index contributed by atoms with van der Waals surface area (Å²) in [4.78, 5) is 33.7. The van der Waals surface area contributed by atoms with Gasteiger partial charge in [0.05, 0.1) is 0 Å². The highest BCUT2D eigenvalue weighted by molar-refractivity contribution is 6.34. The van der Waals surface area contributed by atoms with Crippen molar-refractivity contribution in [3.05, 3.63) is 24.3 Å². The Morgan fingerprint density at radius 1 is 1.33 bits per heavy atom. The van der Waals surface area contributed by atoms with E-state index in [0.29, 0.717) is 6.42 Å². The van der Waals surface area contributed by atoms with Gasteiger partial charge < -0.3 is 9.47 Å². The third-order valence-corrected chi connectivity index (χ3v) is 2.38. The number of allylic oxidation sites excluding steroid dienone is 1. The minimum Gasteiger partial charge on any atom is -0.454 e. The molecule has 1 atom stereocenters. The quantitative estimate of drug-likeness (QED) is 0.319. The summed E-state index contributed by atoms with van der Waals surface area (Å²) >= 11 is 0. The highest BCUT2D eigenvalue weighted by Crippen LogP contribution is 2.13. The minimum absolute atomic E-state index is 0.173. The first kappa shape index (κ1) is 14.2. The van der Waals surface area contributed by atoms with Crippen LogP contribution in [0.5, 0.6) is 0 Å². The van der Waals surface area contributed by atoms with Crippen molar-refractivity contribution in [3.63, 3.8) is 0 Å². The first-order valence-corrected chi connectivity index (χ1v) is 5.74. The average molecular weight is 252 g/mol. The topological polar surface area (TPSA) is 69.7 Å². The fraction of sp³-hybridized carbons (Fsp3) is 0.462. The van der Waals surface area contributed by atoms with Gasteiger partial charge in [-0.3, -0.25) is 4.79 Å². The zero-order chi connectivity index (χ0) is 13.5. The smallest absolute Gasteiger partial charge is 0.378 e. The molecule has 18 heavy (non-hydrogen) atoms. The van der Waals surface area contributed by atoms with Crippen LogP contribution in [0.4, 0.5) is 0 Å². The van der Waals surface area contributed by atoms with Crippen molar-refractivity contribution in [2.24, 2.45) is 0 Å². The predicted molar refractivity (Wildman–Crippen MR) is 63.7 cm³/mol. The number of esters is 2. The molecule has 0 aromatic carbocycles. The maximum atomic E-state index is 11.4. The normalized spacial score (nSPS) is 17.9. The third kappa shape index (κ3) is 4.53. The number of ketones is 1. The Kier molecular flexibility index (Phi) is 5.30. The van der Waals surface area contributed by atoms with Crippen molar-refractivity contribution in [3.8, 4) is 0 Å². The van der Waals surface area contributed by atoms with E-state index in [1.807, 2.05) is 6.08 Å². The number of carbonyl (C=O) groups is 3. The summed E-state index contributed by atoms with van der Waals surface area (Å²) in [5, 5.41) is 0. The molecule has 0 aliphatic heterocycles. The van der Waals surface area contributed by atoms with Crippen molar-refractivity contribution in [2.45, 2.75) is 32.3 Å². The van der Waals surface area contributed by atoms with Gasteiger partial charge in [-0.05, 0) is 32.3 Å². The van der Waals surface area contributed by atoms with Gasteiger partial charge in [-0.15, -0.1) is 0 Å². The van der Waals surface area contributed by atoms with Gasteiger partial charge in [0.15, 0.2) is 6.61 Å². The number of Topliss-reactive ketones (excluding diaryl/α,β-unsaturated/α-hetero) is 1. The molecule has 0 heterocycles. The van der Waals surface area contributed by atoms with E-state index in [2.05, 4.69) is 11.3 Å². The highest BCUT2D eigenvalue weighted by atomic mass is 16.6. The number of ether oxygens (including phenoxy) is 2. The minimum atomic E-state index is -0.971. The molecule has 0 aromatic rings. The molecule has 1 aliphatic carbocycles. The number of hydrogen-bond donors (Lipinski definition) is 0. The van der Waals surface area contributed by atoms with Gasteiger partial charge in [0.25, 0.3) is 5.78 Å². The van der Waals surface area contributed by atoms with Crippen LogP contribution < -0.4 is 0 Å². The molecule has 0 saturated carbocycles. The van der Waals surface area contributed by atoms with Gasteiger partial charge >= 0.3 is 11.9 Å². The fourth-order valence-electron chi connectivity index (χ4n) is 1.40. The van der Waals surface area contributed by atoms with Crippen LogP contribution in [0.25, 0.3) is 0 Å². The fourth-order valence-corrected chi connectivity index (χ4v) is 1.40. The number of rotatable bonds is 5. The Balaban J connectivity index is 2.35. The van der Waals surface area contributed by atoms with Crippen LogP contribution in [-0.4, -0.2) is 30.4 Å². The van der Waals surface area contributed by atoms with Gasteiger partial charge in [0.2, 0.25) is 0 Å². The van der Waals surface area contributed by atoms with Gasteiger partial charge in [-0.1, -0.05) is 12.7 Å². The number of hydrogen-bond acceptors (Lipinski definition) is 5. The Bertz CT molecular complexity index is 394. The lowest BCUT2D eigenvalue weighted by Crippen LogP contribution is -2.28. The summed E-state index contributed by atoms with van der Waals surface area (Å²) in [5.41, 5.74) is 0.173.